The molecule has 1 aliphatic rings. The molecule has 5 nitrogen and oxygen atoms in total. The molecule has 0 aromatic heterocycles. The van der Waals surface area contributed by atoms with Gasteiger partial charge in [-0.2, -0.15) is 0 Å². The Morgan fingerprint density at radius 2 is 1.95 bits per heavy atom. The summed E-state index contributed by atoms with van der Waals surface area (Å²) in [6.45, 7) is 1.96. The summed E-state index contributed by atoms with van der Waals surface area (Å²) in [5, 5.41) is 15.0. The van der Waals surface area contributed by atoms with Crippen LogP contribution < -0.4 is 10.6 Å². The Morgan fingerprint density at radius 1 is 1.24 bits per heavy atom. The molecule has 1 amide bonds. The number of rotatable bonds is 6. The zero-order valence-electron chi connectivity index (χ0n) is 12.1. The molecular formula is C16H22N2O3. The number of hydrogen-bond acceptors (Lipinski definition) is 3. The second-order valence-electron chi connectivity index (χ2n) is 5.50. The van der Waals surface area contributed by atoms with Gasteiger partial charge in [0.2, 0.25) is 5.91 Å². The standard InChI is InChI=1S/C16H22N2O3/c19-15(11-12-7-9-17-10-8-12)18-14-4-2-1-3-13(14)5-6-16(20)21/h1-4,12,17H,5-11H2,(H,18,19)(H,20,21). The number of carboxylic acids is 1. The quantitative estimate of drug-likeness (QED) is 0.749. The molecule has 0 aliphatic carbocycles. The summed E-state index contributed by atoms with van der Waals surface area (Å²) in [5.74, 6) is -0.368. The van der Waals surface area contributed by atoms with Crippen molar-refractivity contribution in [2.75, 3.05) is 18.4 Å². The number of nitrogens with one attached hydrogen (secondary N) is 2. The van der Waals surface area contributed by atoms with E-state index in [0.29, 0.717) is 18.8 Å². The first-order valence-corrected chi connectivity index (χ1v) is 7.45. The van der Waals surface area contributed by atoms with Crippen LogP contribution in [0.25, 0.3) is 0 Å². The molecule has 3 N–H and O–H groups in total. The normalized spacial score (nSPS) is 15.6. The predicted molar refractivity (Wildman–Crippen MR) is 81.2 cm³/mol. The van der Waals surface area contributed by atoms with Crippen LogP contribution in [-0.2, 0) is 16.0 Å². The lowest BCUT2D eigenvalue weighted by molar-refractivity contribution is -0.137. The van der Waals surface area contributed by atoms with Gasteiger partial charge in [0.05, 0.1) is 0 Å². The van der Waals surface area contributed by atoms with Crippen LogP contribution in [0.15, 0.2) is 24.3 Å². The summed E-state index contributed by atoms with van der Waals surface area (Å²) in [4.78, 5) is 22.8. The van der Waals surface area contributed by atoms with Crippen molar-refractivity contribution < 1.29 is 14.7 Å². The molecule has 5 heteroatoms. The third kappa shape index (κ3) is 5.19. The molecule has 0 saturated carbocycles. The van der Waals surface area contributed by atoms with E-state index >= 15 is 0 Å². The van der Waals surface area contributed by atoms with Crippen molar-refractivity contribution in [2.24, 2.45) is 5.92 Å². The summed E-state index contributed by atoms with van der Waals surface area (Å²) in [5.41, 5.74) is 1.61. The molecule has 2 rings (SSSR count). The van der Waals surface area contributed by atoms with E-state index < -0.39 is 5.97 Å². The third-order valence-electron chi connectivity index (χ3n) is 3.83. The van der Waals surface area contributed by atoms with Gasteiger partial charge in [0.15, 0.2) is 0 Å². The Bertz CT molecular complexity index is 496. The van der Waals surface area contributed by atoms with E-state index in [4.69, 9.17) is 5.11 Å². The van der Waals surface area contributed by atoms with Gasteiger partial charge < -0.3 is 15.7 Å². The number of aliphatic carboxylic acids is 1. The van der Waals surface area contributed by atoms with Crippen LogP contribution >= 0.6 is 0 Å². The lowest BCUT2D eigenvalue weighted by Gasteiger charge is -2.22. The van der Waals surface area contributed by atoms with Crippen molar-refractivity contribution in [1.82, 2.24) is 5.32 Å². The molecule has 1 aliphatic heterocycles. The van der Waals surface area contributed by atoms with Crippen molar-refractivity contribution in [3.05, 3.63) is 29.8 Å². The van der Waals surface area contributed by atoms with Crippen LogP contribution in [-0.4, -0.2) is 30.1 Å². The van der Waals surface area contributed by atoms with E-state index in [9.17, 15) is 9.59 Å². The van der Waals surface area contributed by atoms with Crippen molar-refractivity contribution in [3.63, 3.8) is 0 Å². The fourth-order valence-corrected chi connectivity index (χ4v) is 2.65. The highest BCUT2D eigenvalue weighted by molar-refractivity contribution is 5.91. The zero-order valence-corrected chi connectivity index (χ0v) is 12.1. The number of para-hydroxylation sites is 1. The van der Waals surface area contributed by atoms with Gasteiger partial charge in [-0.05, 0) is 49.9 Å². The first-order valence-electron chi connectivity index (χ1n) is 7.45. The van der Waals surface area contributed by atoms with Crippen molar-refractivity contribution in [1.29, 1.82) is 0 Å². The van der Waals surface area contributed by atoms with Gasteiger partial charge in [0.1, 0.15) is 0 Å². The molecule has 1 fully saturated rings. The largest absolute Gasteiger partial charge is 0.481 e. The Labute approximate surface area is 124 Å². The SMILES string of the molecule is O=C(O)CCc1ccccc1NC(=O)CC1CCNCC1. The highest BCUT2D eigenvalue weighted by atomic mass is 16.4. The number of carbonyl (C=O) groups is 2. The minimum atomic E-state index is -0.828. The average molecular weight is 290 g/mol. The Hall–Kier alpha value is -1.88. The van der Waals surface area contributed by atoms with Gasteiger partial charge in [-0.3, -0.25) is 9.59 Å². The van der Waals surface area contributed by atoms with Crippen LogP contribution in [0.5, 0.6) is 0 Å². The first-order chi connectivity index (χ1) is 10.1. The summed E-state index contributed by atoms with van der Waals surface area (Å²) in [6.07, 6.45) is 3.11. The fourth-order valence-electron chi connectivity index (χ4n) is 2.65. The average Bonchev–Trinajstić information content (AvgIpc) is 2.47. The second kappa shape index (κ2) is 7.78. The fraction of sp³-hybridized carbons (Fsp3) is 0.500. The third-order valence-corrected chi connectivity index (χ3v) is 3.83. The van der Waals surface area contributed by atoms with Crippen molar-refractivity contribution in [3.8, 4) is 0 Å². The predicted octanol–water partition coefficient (Wildman–Crippen LogP) is 2.03. The highest BCUT2D eigenvalue weighted by Crippen LogP contribution is 2.20. The van der Waals surface area contributed by atoms with Crippen molar-refractivity contribution in [2.45, 2.75) is 32.1 Å². The van der Waals surface area contributed by atoms with Gasteiger partial charge in [0, 0.05) is 18.5 Å². The Kier molecular flexibility index (Phi) is 5.75. The molecule has 0 atom stereocenters. The minimum Gasteiger partial charge on any atom is -0.481 e. The molecule has 1 aromatic carbocycles. The van der Waals surface area contributed by atoms with Crippen LogP contribution in [0.3, 0.4) is 0 Å². The van der Waals surface area contributed by atoms with Gasteiger partial charge in [0.25, 0.3) is 0 Å². The van der Waals surface area contributed by atoms with Crippen LogP contribution in [0.2, 0.25) is 0 Å². The molecular weight excluding hydrogens is 268 g/mol. The number of aryl methyl sites for hydroxylation is 1. The molecule has 0 radical (unpaired) electrons. The Balaban J connectivity index is 1.91. The summed E-state index contributed by atoms with van der Waals surface area (Å²) < 4.78 is 0. The van der Waals surface area contributed by atoms with Gasteiger partial charge in [-0.15, -0.1) is 0 Å². The number of benzene rings is 1. The monoisotopic (exact) mass is 290 g/mol. The van der Waals surface area contributed by atoms with E-state index in [1.165, 1.54) is 0 Å². The number of carboxylic acid groups (broad SMARTS) is 1. The number of carbonyl (C=O) groups excluding carboxylic acids is 1. The van der Waals surface area contributed by atoms with E-state index in [1.54, 1.807) is 0 Å². The lowest BCUT2D eigenvalue weighted by Crippen LogP contribution is -2.30. The number of piperidine rings is 1. The minimum absolute atomic E-state index is 0.0182. The van der Waals surface area contributed by atoms with E-state index in [2.05, 4.69) is 10.6 Å². The molecule has 0 bridgehead atoms. The van der Waals surface area contributed by atoms with E-state index in [-0.39, 0.29) is 12.3 Å². The van der Waals surface area contributed by atoms with E-state index in [1.807, 2.05) is 24.3 Å². The maximum Gasteiger partial charge on any atom is 0.303 e. The second-order valence-corrected chi connectivity index (χ2v) is 5.50. The molecule has 1 aromatic rings. The Morgan fingerprint density at radius 3 is 2.67 bits per heavy atom. The van der Waals surface area contributed by atoms with Crippen LogP contribution in [0.4, 0.5) is 5.69 Å². The molecule has 1 heterocycles. The highest BCUT2D eigenvalue weighted by Gasteiger charge is 2.17. The molecule has 0 unspecified atom stereocenters. The summed E-state index contributed by atoms with van der Waals surface area (Å²) in [7, 11) is 0. The van der Waals surface area contributed by atoms with Crippen LogP contribution in [0, 0.1) is 5.92 Å². The number of hydrogen-bond donors (Lipinski definition) is 3. The van der Waals surface area contributed by atoms with Crippen LogP contribution in [0.1, 0.15) is 31.2 Å². The molecule has 114 valence electrons. The smallest absolute Gasteiger partial charge is 0.303 e. The van der Waals surface area contributed by atoms with Gasteiger partial charge in [-0.1, -0.05) is 18.2 Å². The zero-order chi connectivity index (χ0) is 15.1. The van der Waals surface area contributed by atoms with Crippen molar-refractivity contribution >= 4 is 17.6 Å². The molecule has 1 saturated heterocycles. The molecule has 0 spiro atoms. The number of amides is 1. The van der Waals surface area contributed by atoms with E-state index in [0.717, 1.165) is 37.2 Å². The maximum absolute atomic E-state index is 12.1. The maximum atomic E-state index is 12.1. The topological polar surface area (TPSA) is 78.4 Å². The first kappa shape index (κ1) is 15.5. The van der Waals surface area contributed by atoms with Gasteiger partial charge in [-0.25, -0.2) is 0 Å². The lowest BCUT2D eigenvalue weighted by atomic mass is 9.94. The summed E-state index contributed by atoms with van der Waals surface area (Å²) >= 11 is 0. The number of anilines is 1. The summed E-state index contributed by atoms with van der Waals surface area (Å²) in [6, 6.07) is 7.41. The molecule has 21 heavy (non-hydrogen) atoms. The van der Waals surface area contributed by atoms with Gasteiger partial charge >= 0.3 is 5.97 Å².